The summed E-state index contributed by atoms with van der Waals surface area (Å²) in [6.07, 6.45) is 0. The van der Waals surface area contributed by atoms with Gasteiger partial charge in [0, 0.05) is 59.3 Å². The molecule has 0 saturated heterocycles. The number of hydrogen-bond donors (Lipinski definition) is 0. The van der Waals surface area contributed by atoms with Gasteiger partial charge in [-0.1, -0.05) is 152 Å². The van der Waals surface area contributed by atoms with E-state index in [9.17, 15) is 5.48 Å². The zero-order valence-electron chi connectivity index (χ0n) is 36.9. The fraction of sp³-hybridized carbons (Fsp3) is 0. The van der Waals surface area contributed by atoms with Crippen LogP contribution in [-0.4, -0.2) is 19.5 Å². The molecule has 8 aromatic carbocycles. The molecule has 0 fully saturated rings. The maximum absolute atomic E-state index is 9.63. The van der Waals surface area contributed by atoms with E-state index in [0.717, 1.165) is 38.6 Å². The third-order valence-electron chi connectivity index (χ3n) is 10.5. The minimum absolute atomic E-state index is 0.00691. The number of nitrogens with zero attached hydrogens (tertiary/aromatic N) is 4. The lowest BCUT2D eigenvalue weighted by Crippen LogP contribution is -2.04. The van der Waals surface area contributed by atoms with Gasteiger partial charge in [-0.2, -0.15) is 0 Å². The van der Waals surface area contributed by atoms with Gasteiger partial charge in [-0.3, -0.25) is 0 Å². The van der Waals surface area contributed by atoms with Gasteiger partial charge in [0.15, 0.2) is 17.5 Å². The van der Waals surface area contributed by atoms with E-state index in [1.54, 1.807) is 12.1 Å². The first-order chi connectivity index (χ1) is 31.2. The molecule has 0 amide bonds. The van der Waals surface area contributed by atoms with Crippen LogP contribution < -0.4 is 0 Å². The van der Waals surface area contributed by atoms with Gasteiger partial charge in [-0.05, 0) is 35.9 Å². The zero-order valence-corrected chi connectivity index (χ0v) is 30.7. The fourth-order valence-electron chi connectivity index (χ4n) is 7.93. The number of para-hydroxylation sites is 3. The minimum atomic E-state index is -0.207. The summed E-state index contributed by atoms with van der Waals surface area (Å²) in [5.74, 6) is 1.20. The van der Waals surface area contributed by atoms with Gasteiger partial charge >= 0.3 is 0 Å². The molecule has 0 radical (unpaired) electrons. The quantitative estimate of drug-likeness (QED) is 0.176. The molecular weight excluding hydrogens is 717 g/mol. The van der Waals surface area contributed by atoms with Crippen molar-refractivity contribution in [3.05, 3.63) is 182 Å². The van der Waals surface area contributed by atoms with Gasteiger partial charge in [0.25, 0.3) is 0 Å². The van der Waals surface area contributed by atoms with Crippen LogP contribution in [0.2, 0.25) is 0 Å². The monoisotopic (exact) mass is 753 g/mol. The summed E-state index contributed by atoms with van der Waals surface area (Å²) >= 11 is 1.33. The van der Waals surface area contributed by atoms with Gasteiger partial charge in [0.1, 0.15) is 11.2 Å². The molecule has 0 aliphatic rings. The summed E-state index contributed by atoms with van der Waals surface area (Å²) in [6.45, 7) is 0. The summed E-state index contributed by atoms with van der Waals surface area (Å²) in [4.78, 5) is 15.2. The average Bonchev–Trinajstić information content (AvgIpc) is 4.03. The van der Waals surface area contributed by atoms with Crippen molar-refractivity contribution < 1.29 is 14.0 Å². The molecule has 6 heteroatoms. The van der Waals surface area contributed by atoms with E-state index >= 15 is 0 Å². The summed E-state index contributed by atoms with van der Waals surface area (Å²) in [5, 5.41) is 3.09. The topological polar surface area (TPSA) is 56.7 Å². The van der Waals surface area contributed by atoms with Crippen molar-refractivity contribution in [2.24, 2.45) is 0 Å². The molecule has 0 N–H and O–H groups in total. The maximum atomic E-state index is 9.63. The lowest BCUT2D eigenvalue weighted by atomic mass is 9.99. The van der Waals surface area contributed by atoms with Crippen molar-refractivity contribution in [3.8, 4) is 51.0 Å². The highest BCUT2D eigenvalue weighted by molar-refractivity contribution is 7.26. The van der Waals surface area contributed by atoms with E-state index in [1.807, 2.05) is 126 Å². The average molecular weight is 754 g/mol. The summed E-state index contributed by atoms with van der Waals surface area (Å²) < 4.78 is 73.9. The van der Waals surface area contributed by atoms with Gasteiger partial charge in [0.05, 0.1) is 31.0 Å². The van der Waals surface area contributed by atoms with E-state index < -0.39 is 0 Å². The Balaban J connectivity index is 1.28. The molecule has 0 aliphatic carbocycles. The number of fused-ring (bicyclic) bond motifs is 10. The van der Waals surface area contributed by atoms with Gasteiger partial charge < -0.3 is 8.98 Å². The molecule has 0 atom stereocenters. The molecule has 57 heavy (non-hydrogen) atoms. The first-order valence-corrected chi connectivity index (χ1v) is 19.3. The molecule has 266 valence electrons. The lowest BCUT2D eigenvalue weighted by Gasteiger charge is -2.17. The second kappa shape index (κ2) is 12.6. The highest BCUT2D eigenvalue weighted by Gasteiger charge is 2.23. The first-order valence-electron chi connectivity index (χ1n) is 21.9. The van der Waals surface area contributed by atoms with Crippen molar-refractivity contribution in [2.45, 2.75) is 0 Å². The number of benzene rings is 8. The van der Waals surface area contributed by atoms with E-state index in [2.05, 4.69) is 0 Å². The second-order valence-corrected chi connectivity index (χ2v) is 14.8. The largest absolute Gasteiger partial charge is 0.455 e. The van der Waals surface area contributed by atoms with Crippen LogP contribution in [0.1, 0.15) is 9.60 Å². The van der Waals surface area contributed by atoms with Crippen LogP contribution in [0.4, 0.5) is 0 Å². The fourth-order valence-corrected chi connectivity index (χ4v) is 9.09. The molecular formula is C51H30N4OS. The van der Waals surface area contributed by atoms with Crippen LogP contribution in [0.15, 0.2) is 186 Å². The standard InChI is InChI=1S/C51H30N4OS/c1-3-14-31(15-4-1)49-52-50(32-16-5-2-6-17-32)54-51(53-49)41-27-26-33(34-21-13-22-39-36-19-8-11-24-44(36)56-47(34)39)30-43(41)55-42-23-10-7-18-35(42)38-28-29-40-37-20-9-12-25-45(37)57-48(40)46(38)55/h1-30H/i7D,9D,18D,20D,23D,28D,29D. The van der Waals surface area contributed by atoms with Gasteiger partial charge in [-0.15, -0.1) is 11.3 Å². The Bertz CT molecular complexity index is 3880. The second-order valence-electron chi connectivity index (χ2n) is 13.8. The minimum Gasteiger partial charge on any atom is -0.455 e. The molecule has 0 saturated carbocycles. The predicted molar refractivity (Wildman–Crippen MR) is 236 cm³/mol. The highest BCUT2D eigenvalue weighted by Crippen LogP contribution is 2.45. The number of furan rings is 1. The van der Waals surface area contributed by atoms with E-state index in [4.69, 9.17) is 23.5 Å². The number of hydrogen-bond acceptors (Lipinski definition) is 5. The summed E-state index contributed by atoms with van der Waals surface area (Å²) in [5.41, 5.74) is 6.30. The van der Waals surface area contributed by atoms with Crippen LogP contribution in [0.25, 0.3) is 115 Å². The van der Waals surface area contributed by atoms with Crippen molar-refractivity contribution >= 4 is 75.3 Å². The molecule has 0 unspecified atom stereocenters. The number of aromatic nitrogens is 4. The molecule has 0 aliphatic heterocycles. The van der Waals surface area contributed by atoms with Gasteiger partial charge in [-0.25, -0.2) is 15.0 Å². The predicted octanol–water partition coefficient (Wildman–Crippen LogP) is 13.9. The Labute approximate surface area is 340 Å². The van der Waals surface area contributed by atoms with E-state index in [-0.39, 0.29) is 58.6 Å². The van der Waals surface area contributed by atoms with Gasteiger partial charge in [0.2, 0.25) is 0 Å². The third kappa shape index (κ3) is 4.98. The van der Waals surface area contributed by atoms with Crippen molar-refractivity contribution in [3.63, 3.8) is 0 Å². The highest BCUT2D eigenvalue weighted by atomic mass is 32.1. The van der Waals surface area contributed by atoms with Crippen LogP contribution in [-0.2, 0) is 0 Å². The van der Waals surface area contributed by atoms with Crippen LogP contribution >= 0.6 is 11.3 Å². The first kappa shape index (κ1) is 25.6. The summed E-state index contributed by atoms with van der Waals surface area (Å²) in [6, 6.07) is 42.9. The Morgan fingerprint density at radius 1 is 0.491 bits per heavy atom. The SMILES string of the molecule is [2H]c1ccc2sc3c(c([2H])c([2H])c4c5c([2H])c([2H])cc([2H])c5n(-c5cc(-c6cccc7c6oc6ccccc67)ccc5-c5nc(-c6ccccc6)nc(-c6ccccc6)n5)c34)c2c1[2H]. The Morgan fingerprint density at radius 2 is 1.19 bits per heavy atom. The van der Waals surface area contributed by atoms with Crippen LogP contribution in [0.5, 0.6) is 0 Å². The van der Waals surface area contributed by atoms with Crippen molar-refractivity contribution in [1.82, 2.24) is 19.5 Å². The normalized spacial score (nSPS) is 13.6. The summed E-state index contributed by atoms with van der Waals surface area (Å²) in [7, 11) is 0. The zero-order chi connectivity index (χ0) is 43.5. The molecule has 0 spiro atoms. The van der Waals surface area contributed by atoms with E-state index in [1.165, 1.54) is 17.4 Å². The number of rotatable bonds is 5. The van der Waals surface area contributed by atoms with Crippen LogP contribution in [0, 0.1) is 0 Å². The third-order valence-corrected chi connectivity index (χ3v) is 11.7. The maximum Gasteiger partial charge on any atom is 0.166 e. The van der Waals surface area contributed by atoms with Crippen molar-refractivity contribution in [1.29, 1.82) is 0 Å². The molecule has 12 rings (SSSR count). The smallest absolute Gasteiger partial charge is 0.166 e. The number of thiophene rings is 1. The van der Waals surface area contributed by atoms with E-state index in [0.29, 0.717) is 60.0 Å². The molecule has 0 bridgehead atoms. The molecule has 12 aromatic rings. The Kier molecular flexibility index (Phi) is 5.65. The molecule has 5 nitrogen and oxygen atoms in total. The lowest BCUT2D eigenvalue weighted by molar-refractivity contribution is 0.670. The molecule has 4 heterocycles. The Morgan fingerprint density at radius 3 is 2.02 bits per heavy atom. The Hall–Kier alpha value is -7.41. The molecule has 4 aromatic heterocycles. The van der Waals surface area contributed by atoms with Crippen LogP contribution in [0.3, 0.4) is 0 Å². The van der Waals surface area contributed by atoms with Crippen molar-refractivity contribution in [2.75, 3.05) is 0 Å².